The summed E-state index contributed by atoms with van der Waals surface area (Å²) in [5.41, 5.74) is 16.6. The minimum absolute atomic E-state index is 0.0210. The van der Waals surface area contributed by atoms with Gasteiger partial charge < -0.3 is 30.8 Å². The lowest BCUT2D eigenvalue weighted by atomic mass is 10.2. The number of aryl methyl sites for hydroxylation is 3. The van der Waals surface area contributed by atoms with E-state index >= 15 is 0 Å². The topological polar surface area (TPSA) is 305 Å². The quantitative estimate of drug-likeness (QED) is 0.0221. The van der Waals surface area contributed by atoms with Gasteiger partial charge in [-0.15, -0.1) is 34.0 Å². The van der Waals surface area contributed by atoms with Crippen molar-refractivity contribution >= 4 is 98.0 Å². The lowest BCUT2D eigenvalue weighted by Crippen LogP contribution is -2.27. The Bertz CT molecular complexity index is 3040. The van der Waals surface area contributed by atoms with Gasteiger partial charge in [-0.25, -0.2) is 34.1 Å². The molecule has 7 rings (SSSR count). The smallest absolute Gasteiger partial charge is 0.412 e. The number of esters is 2. The van der Waals surface area contributed by atoms with Crippen LogP contribution < -0.4 is 16.8 Å². The van der Waals surface area contributed by atoms with E-state index in [1.165, 1.54) is 59.1 Å². The molecule has 6 N–H and O–H groups in total. The van der Waals surface area contributed by atoms with Crippen LogP contribution in [-0.4, -0.2) is 77.7 Å². The van der Waals surface area contributed by atoms with Crippen molar-refractivity contribution in [3.63, 3.8) is 0 Å². The van der Waals surface area contributed by atoms with Crippen LogP contribution in [0.2, 0.25) is 0 Å². The molecule has 3 heterocycles. The molecular weight excluding hydrogens is 1020 g/mol. The van der Waals surface area contributed by atoms with Crippen molar-refractivity contribution in [3.8, 4) is 31.7 Å². The lowest BCUT2D eigenvalue weighted by molar-refractivity contribution is -0.385. The molecule has 0 unspecified atom stereocenters. The second kappa shape index (κ2) is 26.4. The SMILES string of the molecule is CCOC(=O)c1sc(-c2ccc(N)cc2)nc1C.CCOC(=O)c1sc(-c2ccc([N+](=O)[O-])cc2)nc1C.Cc1nc(-c2ccc(NC(=O)OC(C)(C)C)cc2)sc1C(=O)O.NC(=S)c1ccc([N+](=O)[O-])cc1. The van der Waals surface area contributed by atoms with Gasteiger partial charge in [0.1, 0.15) is 40.2 Å². The van der Waals surface area contributed by atoms with Gasteiger partial charge >= 0.3 is 24.0 Å². The highest BCUT2D eigenvalue weighted by molar-refractivity contribution is 7.80. The largest absolute Gasteiger partial charge is 0.477 e. The summed E-state index contributed by atoms with van der Waals surface area (Å²) in [6, 6.07) is 26.3. The van der Waals surface area contributed by atoms with Crippen molar-refractivity contribution in [2.45, 2.75) is 61.0 Å². The van der Waals surface area contributed by atoms with Crippen molar-refractivity contribution in [1.29, 1.82) is 0 Å². The Morgan fingerprint density at radius 2 is 1.00 bits per heavy atom. The summed E-state index contributed by atoms with van der Waals surface area (Å²) < 4.78 is 15.1. The van der Waals surface area contributed by atoms with Crippen molar-refractivity contribution in [3.05, 3.63) is 155 Å². The molecule has 0 fully saturated rings. The van der Waals surface area contributed by atoms with Gasteiger partial charge in [0.2, 0.25) is 0 Å². The molecule has 3 aromatic heterocycles. The highest BCUT2D eigenvalue weighted by Gasteiger charge is 2.20. The monoisotopic (exact) mass is 1070 g/mol. The number of benzene rings is 4. The predicted molar refractivity (Wildman–Crippen MR) is 286 cm³/mol. The predicted octanol–water partition coefficient (Wildman–Crippen LogP) is 11.5. The number of carbonyl (C=O) groups excluding carboxylic acids is 3. The summed E-state index contributed by atoms with van der Waals surface area (Å²) in [5, 5.41) is 34.6. The molecule has 20 nitrogen and oxygen atoms in total. The number of nitrogen functional groups attached to an aromatic ring is 1. The summed E-state index contributed by atoms with van der Waals surface area (Å²) in [7, 11) is 0. The summed E-state index contributed by atoms with van der Waals surface area (Å²) >= 11 is 8.36. The molecule has 0 aliphatic heterocycles. The summed E-state index contributed by atoms with van der Waals surface area (Å²) in [6.45, 7) is 14.8. The van der Waals surface area contributed by atoms with E-state index in [1.54, 1.807) is 84.9 Å². The van der Waals surface area contributed by atoms with Gasteiger partial charge in [-0.3, -0.25) is 25.5 Å². The van der Waals surface area contributed by atoms with Gasteiger partial charge in [-0.2, -0.15) is 0 Å². The van der Waals surface area contributed by atoms with Gasteiger partial charge in [0.15, 0.2) is 0 Å². The van der Waals surface area contributed by atoms with Crippen LogP contribution in [0.25, 0.3) is 31.7 Å². The molecule has 73 heavy (non-hydrogen) atoms. The van der Waals surface area contributed by atoms with Crippen LogP contribution in [0.3, 0.4) is 0 Å². The molecule has 24 heteroatoms. The van der Waals surface area contributed by atoms with Crippen molar-refractivity contribution < 1.29 is 48.3 Å². The summed E-state index contributed by atoms with van der Waals surface area (Å²) in [6.07, 6.45) is -0.525. The number of thiocarbonyl (C=S) groups is 1. The fraction of sp³-hybridized carbons (Fsp3) is 0.224. The van der Waals surface area contributed by atoms with Gasteiger partial charge in [0, 0.05) is 57.9 Å². The third-order valence-corrected chi connectivity index (χ3v) is 12.9. The lowest BCUT2D eigenvalue weighted by Gasteiger charge is -2.19. The van der Waals surface area contributed by atoms with E-state index in [2.05, 4.69) is 32.5 Å². The standard InChI is InChI=1S/C16H18N2O4S.C13H12N2O4S.C13H14N2O2S.C7H6N2O2S/c1-9-12(14(19)20)23-13(17-9)10-5-7-11(8-6-10)18-15(21)22-16(2,3)4;1-3-19-13(16)11-8(2)14-12(20-11)9-4-6-10(7-5-9)15(17)18;1-3-17-13(16)11-8(2)15-12(18-11)9-4-6-10(14)7-5-9;8-7(12)5-1-3-6(4-2-5)9(10)11/h5-8H,1-4H3,(H,18,21)(H,19,20);4-7H,3H2,1-2H3;4-7H,3,14H2,1-2H3;1-4H,(H2,8,12). The zero-order chi connectivity index (χ0) is 54.2. The molecule has 0 radical (unpaired) electrons. The van der Waals surface area contributed by atoms with Crippen LogP contribution in [0.5, 0.6) is 0 Å². The Labute approximate surface area is 436 Å². The molecule has 0 aliphatic rings. The number of ether oxygens (including phenoxy) is 3. The number of nitrogens with two attached hydrogens (primary N) is 2. The second-order valence-corrected chi connectivity index (χ2v) is 19.3. The van der Waals surface area contributed by atoms with Gasteiger partial charge in [-0.1, -0.05) is 12.2 Å². The number of carbonyl (C=O) groups is 4. The number of thiazole rings is 3. The number of carboxylic acids is 1. The van der Waals surface area contributed by atoms with Crippen LogP contribution in [0.15, 0.2) is 97.1 Å². The number of aromatic carboxylic acids is 1. The first-order valence-electron chi connectivity index (χ1n) is 21.7. The normalized spacial score (nSPS) is 10.4. The fourth-order valence-corrected chi connectivity index (χ4v) is 8.72. The van der Waals surface area contributed by atoms with E-state index in [0.717, 1.165) is 33.0 Å². The molecule has 0 aliphatic carbocycles. The number of nitro benzene ring substituents is 2. The van der Waals surface area contributed by atoms with E-state index in [4.69, 9.17) is 30.8 Å². The number of aromatic nitrogens is 3. The molecular formula is C49H50N8O12S4. The Hall–Kier alpha value is -8.06. The number of amides is 1. The van der Waals surface area contributed by atoms with Crippen LogP contribution in [0.1, 0.15) is 86.3 Å². The van der Waals surface area contributed by atoms with Crippen LogP contribution in [-0.2, 0) is 14.2 Å². The molecule has 4 aromatic carbocycles. The molecule has 0 atom stereocenters. The first kappa shape index (κ1) is 57.5. The minimum Gasteiger partial charge on any atom is -0.477 e. The fourth-order valence-electron chi connectivity index (χ4n) is 5.75. The number of hydrogen-bond acceptors (Lipinski definition) is 19. The number of hydrogen-bond donors (Lipinski definition) is 4. The van der Waals surface area contributed by atoms with E-state index < -0.39 is 33.5 Å². The first-order valence-corrected chi connectivity index (χ1v) is 24.5. The third kappa shape index (κ3) is 17.3. The molecule has 0 bridgehead atoms. The van der Waals surface area contributed by atoms with Crippen LogP contribution in [0, 0.1) is 41.0 Å². The van der Waals surface area contributed by atoms with Gasteiger partial charge in [0.25, 0.3) is 11.4 Å². The van der Waals surface area contributed by atoms with Crippen molar-refractivity contribution in [2.75, 3.05) is 24.3 Å². The maximum Gasteiger partial charge on any atom is 0.412 e. The zero-order valence-corrected chi connectivity index (χ0v) is 43.9. The molecule has 0 spiro atoms. The van der Waals surface area contributed by atoms with E-state index in [1.807, 2.05) is 31.2 Å². The first-order chi connectivity index (χ1) is 34.4. The molecule has 1 amide bonds. The van der Waals surface area contributed by atoms with Crippen LogP contribution in [0.4, 0.5) is 27.5 Å². The van der Waals surface area contributed by atoms with Crippen LogP contribution >= 0.6 is 46.2 Å². The summed E-state index contributed by atoms with van der Waals surface area (Å²) in [5.74, 6) is -1.68. The molecule has 382 valence electrons. The minimum atomic E-state index is -0.977. The third-order valence-electron chi connectivity index (χ3n) is 9.13. The average molecular weight is 1070 g/mol. The number of anilines is 2. The second-order valence-electron chi connectivity index (χ2n) is 15.8. The Morgan fingerprint density at radius 1 is 0.644 bits per heavy atom. The molecule has 0 saturated carbocycles. The highest BCUT2D eigenvalue weighted by atomic mass is 32.1. The Morgan fingerprint density at radius 3 is 1.34 bits per heavy atom. The molecule has 7 aromatic rings. The molecule has 0 saturated heterocycles. The maximum atomic E-state index is 11.7. The van der Waals surface area contributed by atoms with Crippen molar-refractivity contribution in [2.24, 2.45) is 5.73 Å². The Balaban J connectivity index is 0.000000216. The number of nitrogens with zero attached hydrogens (tertiary/aromatic N) is 5. The van der Waals surface area contributed by atoms with E-state index in [9.17, 15) is 39.4 Å². The van der Waals surface area contributed by atoms with Gasteiger partial charge in [0.05, 0.1) is 40.1 Å². The maximum absolute atomic E-state index is 11.7. The summed E-state index contributed by atoms with van der Waals surface area (Å²) in [4.78, 5) is 80.5. The number of nitro groups is 2. The zero-order valence-electron chi connectivity index (χ0n) is 40.6. The highest BCUT2D eigenvalue weighted by Crippen LogP contribution is 2.32. The van der Waals surface area contributed by atoms with E-state index in [-0.39, 0.29) is 27.2 Å². The number of carboxylic acid groups (broad SMARTS) is 1. The van der Waals surface area contributed by atoms with E-state index in [0.29, 0.717) is 67.0 Å². The number of non-ortho nitro benzene ring substituents is 2. The number of nitrogens with one attached hydrogen (secondary N) is 1. The Kier molecular flexibility index (Phi) is 20.8. The number of rotatable bonds is 12. The van der Waals surface area contributed by atoms with Crippen molar-refractivity contribution in [1.82, 2.24) is 15.0 Å². The average Bonchev–Trinajstić information content (AvgIpc) is 4.05. The van der Waals surface area contributed by atoms with Gasteiger partial charge in [-0.05, 0) is 128 Å².